The Kier molecular flexibility index (Phi) is 9.77. The van der Waals surface area contributed by atoms with Crippen molar-refractivity contribution in [3.63, 3.8) is 0 Å². The molecular weight excluding hydrogens is 421 g/mol. The Morgan fingerprint density at radius 2 is 2.00 bits per heavy atom. The Morgan fingerprint density at radius 1 is 1.22 bits per heavy atom. The van der Waals surface area contributed by atoms with Crippen LogP contribution in [0.2, 0.25) is 0 Å². The van der Waals surface area contributed by atoms with E-state index in [1.807, 2.05) is 18.5 Å². The van der Waals surface area contributed by atoms with E-state index in [0.29, 0.717) is 0 Å². The molecule has 0 amide bonds. The van der Waals surface area contributed by atoms with Crippen LogP contribution in [0.25, 0.3) is 0 Å². The highest BCUT2D eigenvalue weighted by Crippen LogP contribution is 2.13. The summed E-state index contributed by atoms with van der Waals surface area (Å²) in [5.74, 6) is 0.830. The molecule has 0 bridgehead atoms. The van der Waals surface area contributed by atoms with Gasteiger partial charge in [0.1, 0.15) is 0 Å². The van der Waals surface area contributed by atoms with E-state index in [0.717, 1.165) is 38.3 Å². The highest BCUT2D eigenvalue weighted by Gasteiger charge is 2.02. The van der Waals surface area contributed by atoms with E-state index >= 15 is 0 Å². The van der Waals surface area contributed by atoms with Crippen molar-refractivity contribution in [3.8, 4) is 0 Å². The van der Waals surface area contributed by atoms with Crippen LogP contribution in [0.15, 0.2) is 35.7 Å². The predicted molar refractivity (Wildman–Crippen MR) is 108 cm³/mol. The number of hydrogen-bond acceptors (Lipinski definition) is 4. The molecule has 0 radical (unpaired) electrons. The summed E-state index contributed by atoms with van der Waals surface area (Å²) in [5, 5.41) is 7.81. The van der Waals surface area contributed by atoms with E-state index in [1.165, 1.54) is 15.4 Å². The van der Waals surface area contributed by atoms with Crippen molar-refractivity contribution in [1.29, 1.82) is 0 Å². The van der Waals surface area contributed by atoms with Crippen molar-refractivity contribution in [2.75, 3.05) is 20.1 Å². The molecule has 0 aromatic carbocycles. The van der Waals surface area contributed by atoms with Crippen molar-refractivity contribution in [2.24, 2.45) is 4.99 Å². The Balaban J connectivity index is 0.00000264. The first-order chi connectivity index (χ1) is 10.8. The summed E-state index contributed by atoms with van der Waals surface area (Å²) in [6, 6.07) is 4.04. The summed E-state index contributed by atoms with van der Waals surface area (Å²) in [4.78, 5) is 14.1. The van der Waals surface area contributed by atoms with Gasteiger partial charge in [0.15, 0.2) is 5.96 Å². The lowest BCUT2D eigenvalue weighted by Gasteiger charge is -2.11. The largest absolute Gasteiger partial charge is 0.356 e. The Labute approximate surface area is 159 Å². The first kappa shape index (κ1) is 19.8. The average Bonchev–Trinajstić information content (AvgIpc) is 3.02. The summed E-state index contributed by atoms with van der Waals surface area (Å²) in [6.45, 7) is 3.83. The van der Waals surface area contributed by atoms with Crippen LogP contribution in [-0.4, -0.2) is 36.1 Å². The third-order valence-electron chi connectivity index (χ3n) is 3.23. The van der Waals surface area contributed by atoms with Gasteiger partial charge in [0, 0.05) is 50.0 Å². The standard InChI is InChI=1S/C16H23N5S.HI/c1-3-14-12-21-15(22-14)7-10-20-16(17-2)19-9-6-13-5-4-8-18-11-13;/h4-5,8,11-12H,3,6-7,9-10H2,1-2H3,(H2,17,19,20);1H. The molecule has 0 saturated carbocycles. The van der Waals surface area contributed by atoms with E-state index in [1.54, 1.807) is 24.6 Å². The molecule has 5 nitrogen and oxygen atoms in total. The summed E-state index contributed by atoms with van der Waals surface area (Å²) in [5.41, 5.74) is 1.22. The maximum Gasteiger partial charge on any atom is 0.191 e. The molecule has 2 aromatic rings. The molecule has 0 saturated heterocycles. The molecule has 7 heteroatoms. The first-order valence-electron chi connectivity index (χ1n) is 7.58. The summed E-state index contributed by atoms with van der Waals surface area (Å²) >= 11 is 1.79. The molecule has 126 valence electrons. The van der Waals surface area contributed by atoms with Gasteiger partial charge in [-0.25, -0.2) is 4.98 Å². The minimum absolute atomic E-state index is 0. The number of pyridine rings is 1. The zero-order valence-electron chi connectivity index (χ0n) is 13.6. The number of guanidine groups is 1. The monoisotopic (exact) mass is 445 g/mol. The van der Waals surface area contributed by atoms with Gasteiger partial charge in [0.25, 0.3) is 0 Å². The van der Waals surface area contributed by atoms with Crippen molar-refractivity contribution in [3.05, 3.63) is 46.2 Å². The van der Waals surface area contributed by atoms with Gasteiger partial charge >= 0.3 is 0 Å². The Hall–Kier alpha value is -1.22. The fourth-order valence-corrected chi connectivity index (χ4v) is 2.87. The quantitative estimate of drug-likeness (QED) is 0.391. The number of aromatic nitrogens is 2. The van der Waals surface area contributed by atoms with E-state index in [-0.39, 0.29) is 24.0 Å². The number of halogens is 1. The lowest BCUT2D eigenvalue weighted by molar-refractivity contribution is 0.781. The predicted octanol–water partition coefficient (Wildman–Crippen LogP) is 2.67. The maximum atomic E-state index is 4.42. The van der Waals surface area contributed by atoms with Crippen molar-refractivity contribution < 1.29 is 0 Å². The third-order valence-corrected chi connectivity index (χ3v) is 4.44. The van der Waals surface area contributed by atoms with Crippen LogP contribution in [0.5, 0.6) is 0 Å². The fourth-order valence-electron chi connectivity index (χ4n) is 2.01. The number of rotatable bonds is 7. The zero-order chi connectivity index (χ0) is 15.6. The van der Waals surface area contributed by atoms with Crippen LogP contribution in [0.1, 0.15) is 22.4 Å². The molecule has 0 unspecified atom stereocenters. The molecular formula is C16H24IN5S. The number of nitrogens with zero attached hydrogens (tertiary/aromatic N) is 3. The SMILES string of the molecule is CCc1cnc(CCNC(=NC)NCCc2cccnc2)s1.I. The average molecular weight is 445 g/mol. The molecule has 2 N–H and O–H groups in total. The lowest BCUT2D eigenvalue weighted by atomic mass is 10.2. The number of nitrogens with one attached hydrogen (secondary N) is 2. The summed E-state index contributed by atoms with van der Waals surface area (Å²) < 4.78 is 0. The van der Waals surface area contributed by atoms with Crippen LogP contribution in [0.4, 0.5) is 0 Å². The highest BCUT2D eigenvalue weighted by atomic mass is 127. The van der Waals surface area contributed by atoms with E-state index < -0.39 is 0 Å². The minimum Gasteiger partial charge on any atom is -0.356 e. The van der Waals surface area contributed by atoms with Crippen molar-refractivity contribution in [1.82, 2.24) is 20.6 Å². The van der Waals surface area contributed by atoms with E-state index in [9.17, 15) is 0 Å². The van der Waals surface area contributed by atoms with Crippen LogP contribution < -0.4 is 10.6 Å². The second kappa shape index (κ2) is 11.3. The summed E-state index contributed by atoms with van der Waals surface area (Å²) in [7, 11) is 1.79. The van der Waals surface area contributed by atoms with Crippen LogP contribution in [0, 0.1) is 0 Å². The third kappa shape index (κ3) is 7.26. The van der Waals surface area contributed by atoms with Gasteiger partial charge in [-0.05, 0) is 24.5 Å². The molecule has 0 aliphatic carbocycles. The number of hydrogen-bond donors (Lipinski definition) is 2. The molecule has 0 fully saturated rings. The van der Waals surface area contributed by atoms with Crippen molar-refractivity contribution >= 4 is 41.3 Å². The molecule has 2 heterocycles. The smallest absolute Gasteiger partial charge is 0.191 e. The zero-order valence-corrected chi connectivity index (χ0v) is 16.7. The van der Waals surface area contributed by atoms with Crippen LogP contribution in [-0.2, 0) is 19.3 Å². The fraction of sp³-hybridized carbons (Fsp3) is 0.438. The van der Waals surface area contributed by atoms with Crippen LogP contribution >= 0.6 is 35.3 Å². The number of aryl methyl sites for hydroxylation is 1. The number of aliphatic imine (C=N–C) groups is 1. The van der Waals surface area contributed by atoms with Gasteiger partial charge in [-0.2, -0.15) is 0 Å². The van der Waals surface area contributed by atoms with Gasteiger partial charge in [-0.15, -0.1) is 35.3 Å². The molecule has 2 rings (SSSR count). The van der Waals surface area contributed by atoms with E-state index in [4.69, 9.17) is 0 Å². The van der Waals surface area contributed by atoms with Gasteiger partial charge < -0.3 is 10.6 Å². The Bertz CT molecular complexity index is 585. The van der Waals surface area contributed by atoms with Gasteiger partial charge in [0.2, 0.25) is 0 Å². The summed E-state index contributed by atoms with van der Waals surface area (Å²) in [6.07, 6.45) is 8.57. The molecule has 0 spiro atoms. The van der Waals surface area contributed by atoms with Crippen molar-refractivity contribution in [2.45, 2.75) is 26.2 Å². The lowest BCUT2D eigenvalue weighted by Crippen LogP contribution is -2.39. The molecule has 2 aromatic heterocycles. The first-order valence-corrected chi connectivity index (χ1v) is 8.40. The maximum absolute atomic E-state index is 4.42. The molecule has 0 aliphatic heterocycles. The van der Waals surface area contributed by atoms with Gasteiger partial charge in [0.05, 0.1) is 5.01 Å². The Morgan fingerprint density at radius 3 is 2.61 bits per heavy atom. The second-order valence-electron chi connectivity index (χ2n) is 4.86. The molecule has 0 aliphatic rings. The highest BCUT2D eigenvalue weighted by molar-refractivity contribution is 14.0. The normalized spacial score (nSPS) is 11.0. The van der Waals surface area contributed by atoms with E-state index in [2.05, 4.69) is 38.6 Å². The second-order valence-corrected chi connectivity index (χ2v) is 6.06. The number of thiazole rings is 1. The molecule has 0 atom stereocenters. The minimum atomic E-state index is 0. The van der Waals surface area contributed by atoms with Gasteiger partial charge in [-0.3, -0.25) is 9.98 Å². The van der Waals surface area contributed by atoms with Gasteiger partial charge in [-0.1, -0.05) is 13.0 Å². The van der Waals surface area contributed by atoms with Crippen LogP contribution in [0.3, 0.4) is 0 Å². The topological polar surface area (TPSA) is 62.2 Å². The molecule has 23 heavy (non-hydrogen) atoms.